The van der Waals surface area contributed by atoms with Crippen LogP contribution in [0.4, 0.5) is 0 Å². The number of para-hydroxylation sites is 1. The van der Waals surface area contributed by atoms with E-state index in [1.54, 1.807) is 0 Å². The van der Waals surface area contributed by atoms with Gasteiger partial charge in [-0.05, 0) is 25.0 Å². The zero-order chi connectivity index (χ0) is 15.0. The lowest BCUT2D eigenvalue weighted by molar-refractivity contribution is -0.135. The molecule has 1 aromatic heterocycles. The number of carbonyl (C=O) groups excluding carboxylic acids is 1. The van der Waals surface area contributed by atoms with E-state index in [1.165, 1.54) is 0 Å². The van der Waals surface area contributed by atoms with Crippen molar-refractivity contribution in [3.63, 3.8) is 0 Å². The quantitative estimate of drug-likeness (QED) is 0.850. The summed E-state index contributed by atoms with van der Waals surface area (Å²) >= 11 is 10.4. The van der Waals surface area contributed by atoms with Crippen LogP contribution >= 0.6 is 24.2 Å². The number of hydrogen-bond donors (Lipinski definition) is 2. The minimum atomic E-state index is -0.0677. The molecule has 6 heteroatoms. The van der Waals surface area contributed by atoms with Gasteiger partial charge in [0.1, 0.15) is 11.3 Å². The number of benzene rings is 1. The van der Waals surface area contributed by atoms with Gasteiger partial charge < -0.3 is 9.88 Å². The predicted octanol–water partition coefficient (Wildman–Crippen LogP) is 3.45. The number of likely N-dealkylation sites (tertiary alicyclic amines) is 1. The minimum absolute atomic E-state index is 0.0169. The monoisotopic (exact) mass is 323 g/mol. The van der Waals surface area contributed by atoms with Crippen molar-refractivity contribution in [1.82, 2.24) is 14.9 Å². The summed E-state index contributed by atoms with van der Waals surface area (Å²) in [5, 5.41) is 0.634. The van der Waals surface area contributed by atoms with Crippen molar-refractivity contribution in [2.75, 3.05) is 12.3 Å². The molecular formula is C15H18ClN3OS. The van der Waals surface area contributed by atoms with Gasteiger partial charge in [0.05, 0.1) is 16.6 Å². The molecule has 0 radical (unpaired) electrons. The van der Waals surface area contributed by atoms with Crippen LogP contribution in [-0.2, 0) is 4.79 Å². The number of thiol groups is 1. The van der Waals surface area contributed by atoms with E-state index in [1.807, 2.05) is 30.0 Å². The van der Waals surface area contributed by atoms with Gasteiger partial charge in [-0.15, -0.1) is 0 Å². The van der Waals surface area contributed by atoms with E-state index in [0.717, 1.165) is 36.2 Å². The normalized spacial score (nSPS) is 20.1. The number of H-pyrrole nitrogens is 1. The number of fused-ring (bicyclic) bond motifs is 1. The van der Waals surface area contributed by atoms with E-state index < -0.39 is 0 Å². The number of nitrogens with one attached hydrogen (secondary N) is 1. The van der Waals surface area contributed by atoms with Gasteiger partial charge in [-0.3, -0.25) is 4.79 Å². The fourth-order valence-corrected chi connectivity index (χ4v) is 3.22. The van der Waals surface area contributed by atoms with Gasteiger partial charge in [0.2, 0.25) is 5.91 Å². The topological polar surface area (TPSA) is 49.0 Å². The third kappa shape index (κ3) is 2.64. The first-order valence-electron chi connectivity index (χ1n) is 7.17. The molecule has 1 amide bonds. The summed E-state index contributed by atoms with van der Waals surface area (Å²) in [6.45, 7) is 2.70. The Morgan fingerprint density at radius 2 is 2.43 bits per heavy atom. The summed E-state index contributed by atoms with van der Waals surface area (Å²) in [7, 11) is 0. The Morgan fingerprint density at radius 3 is 3.14 bits per heavy atom. The molecule has 1 aliphatic rings. The number of aromatic nitrogens is 2. The van der Waals surface area contributed by atoms with E-state index in [2.05, 4.69) is 22.6 Å². The molecule has 3 rings (SSSR count). The summed E-state index contributed by atoms with van der Waals surface area (Å²) in [4.78, 5) is 22.3. The van der Waals surface area contributed by atoms with E-state index in [-0.39, 0.29) is 17.9 Å². The zero-order valence-electron chi connectivity index (χ0n) is 11.8. The molecule has 112 valence electrons. The molecule has 1 N–H and O–H groups in total. The van der Waals surface area contributed by atoms with Crippen LogP contribution in [0.5, 0.6) is 0 Å². The van der Waals surface area contributed by atoms with Crippen molar-refractivity contribution < 1.29 is 4.79 Å². The van der Waals surface area contributed by atoms with Crippen molar-refractivity contribution >= 4 is 41.2 Å². The van der Waals surface area contributed by atoms with Crippen LogP contribution in [-0.4, -0.2) is 33.1 Å². The average Bonchev–Trinajstić information content (AvgIpc) is 3.12. The molecule has 0 bridgehead atoms. The number of imidazole rings is 1. The first kappa shape index (κ1) is 14.7. The van der Waals surface area contributed by atoms with Crippen LogP contribution in [0.2, 0.25) is 5.02 Å². The molecule has 1 fully saturated rings. The summed E-state index contributed by atoms with van der Waals surface area (Å²) in [5.74, 6) is 1.48. The summed E-state index contributed by atoms with van der Waals surface area (Å²) in [6.07, 6.45) is 1.93. The highest BCUT2D eigenvalue weighted by atomic mass is 35.5. The fraction of sp³-hybridized carbons (Fsp3) is 0.467. The third-order valence-corrected chi connectivity index (χ3v) is 4.88. The van der Waals surface area contributed by atoms with E-state index >= 15 is 0 Å². The largest absolute Gasteiger partial charge is 0.340 e. The molecule has 1 aromatic carbocycles. The molecule has 2 atom stereocenters. The van der Waals surface area contributed by atoms with Gasteiger partial charge in [-0.2, -0.15) is 12.6 Å². The van der Waals surface area contributed by atoms with Crippen LogP contribution in [0.1, 0.15) is 31.6 Å². The van der Waals surface area contributed by atoms with Gasteiger partial charge >= 0.3 is 0 Å². The number of carbonyl (C=O) groups is 1. The Balaban J connectivity index is 1.93. The second kappa shape index (κ2) is 5.89. The van der Waals surface area contributed by atoms with Crippen molar-refractivity contribution in [2.45, 2.75) is 25.8 Å². The van der Waals surface area contributed by atoms with Crippen LogP contribution < -0.4 is 0 Å². The Bertz CT molecular complexity index is 672. The van der Waals surface area contributed by atoms with Crippen molar-refractivity contribution in [3.05, 3.63) is 29.0 Å². The Morgan fingerprint density at radius 1 is 1.62 bits per heavy atom. The first-order chi connectivity index (χ1) is 10.1. The first-order valence-corrected chi connectivity index (χ1v) is 8.18. The van der Waals surface area contributed by atoms with E-state index in [4.69, 9.17) is 11.6 Å². The molecule has 4 nitrogen and oxygen atoms in total. The number of halogens is 1. The molecule has 0 unspecified atom stereocenters. The predicted molar refractivity (Wildman–Crippen MR) is 87.8 cm³/mol. The molecule has 2 aromatic rings. The molecule has 1 aliphatic heterocycles. The van der Waals surface area contributed by atoms with Crippen LogP contribution in [0.25, 0.3) is 11.0 Å². The maximum absolute atomic E-state index is 12.5. The van der Waals surface area contributed by atoms with Gasteiger partial charge in [0, 0.05) is 18.2 Å². The molecule has 0 aliphatic carbocycles. The average molecular weight is 324 g/mol. The summed E-state index contributed by atoms with van der Waals surface area (Å²) in [5.41, 5.74) is 1.69. The van der Waals surface area contributed by atoms with Gasteiger partial charge in [0.15, 0.2) is 0 Å². The lowest BCUT2D eigenvalue weighted by Crippen LogP contribution is -2.35. The fourth-order valence-electron chi connectivity index (χ4n) is 2.85. The van der Waals surface area contributed by atoms with Crippen molar-refractivity contribution in [1.29, 1.82) is 0 Å². The smallest absolute Gasteiger partial charge is 0.226 e. The lowest BCUT2D eigenvalue weighted by Gasteiger charge is -2.25. The van der Waals surface area contributed by atoms with Crippen molar-refractivity contribution in [2.24, 2.45) is 5.92 Å². The van der Waals surface area contributed by atoms with Gasteiger partial charge in [-0.25, -0.2) is 4.98 Å². The number of hydrogen-bond acceptors (Lipinski definition) is 3. The number of amides is 1. The van der Waals surface area contributed by atoms with E-state index in [9.17, 15) is 4.79 Å². The Kier molecular flexibility index (Phi) is 4.13. The number of aromatic amines is 1. The molecule has 21 heavy (non-hydrogen) atoms. The van der Waals surface area contributed by atoms with Gasteiger partial charge in [0.25, 0.3) is 0 Å². The molecular weight excluding hydrogens is 306 g/mol. The zero-order valence-corrected chi connectivity index (χ0v) is 13.5. The third-order valence-electron chi connectivity index (χ3n) is 4.03. The standard InChI is InChI=1S/C15H18ClN3OS/c1-9(8-21)15(20)19-7-3-6-12(19)14-17-11-5-2-4-10(16)13(11)18-14/h2,4-5,9,12,21H,3,6-8H2,1H3,(H,17,18)/t9-,12-/m1/s1. The maximum atomic E-state index is 12.5. The molecule has 0 saturated carbocycles. The van der Waals surface area contributed by atoms with E-state index in [0.29, 0.717) is 10.8 Å². The molecule has 1 saturated heterocycles. The SMILES string of the molecule is C[C@H](CS)C(=O)N1CCC[C@@H]1c1nc2c(Cl)cccc2[nH]1. The summed E-state index contributed by atoms with van der Waals surface area (Å²) < 4.78 is 0. The second-order valence-corrected chi connectivity index (χ2v) is 6.30. The maximum Gasteiger partial charge on any atom is 0.226 e. The van der Waals surface area contributed by atoms with Crippen molar-refractivity contribution in [3.8, 4) is 0 Å². The molecule has 2 heterocycles. The van der Waals surface area contributed by atoms with Gasteiger partial charge in [-0.1, -0.05) is 24.6 Å². The number of rotatable bonds is 3. The highest BCUT2D eigenvalue weighted by molar-refractivity contribution is 7.80. The number of nitrogens with zero attached hydrogens (tertiary/aromatic N) is 2. The van der Waals surface area contributed by atoms with Crippen LogP contribution in [0, 0.1) is 5.92 Å². The highest BCUT2D eigenvalue weighted by Crippen LogP contribution is 2.33. The molecule has 0 spiro atoms. The minimum Gasteiger partial charge on any atom is -0.340 e. The Labute approximate surface area is 134 Å². The second-order valence-electron chi connectivity index (χ2n) is 5.53. The van der Waals surface area contributed by atoms with Crippen LogP contribution in [0.15, 0.2) is 18.2 Å². The summed E-state index contributed by atoms with van der Waals surface area (Å²) in [6, 6.07) is 5.69. The highest BCUT2D eigenvalue weighted by Gasteiger charge is 2.33. The lowest BCUT2D eigenvalue weighted by atomic mass is 10.1. The Hall–Kier alpha value is -1.20. The van der Waals surface area contributed by atoms with Crippen LogP contribution in [0.3, 0.4) is 0 Å².